The summed E-state index contributed by atoms with van der Waals surface area (Å²) in [6.07, 6.45) is 0.498. The fourth-order valence-corrected chi connectivity index (χ4v) is 6.78. The Bertz CT molecular complexity index is 1320. The average molecular weight is 476 g/mol. The second-order valence-electron chi connectivity index (χ2n) is 9.46. The Morgan fingerprint density at radius 3 is 2.45 bits per heavy atom. The number of cyclic esters (lactones) is 1. The molecule has 0 N–H and O–H groups in total. The quantitative estimate of drug-likeness (QED) is 0.602. The molecular formula is C22H25N3O7S. The highest BCUT2D eigenvalue weighted by atomic mass is 32.2. The van der Waals surface area contributed by atoms with Crippen LogP contribution in [0.4, 0.5) is 4.79 Å². The van der Waals surface area contributed by atoms with Gasteiger partial charge in [-0.15, -0.1) is 0 Å². The van der Waals surface area contributed by atoms with Crippen LogP contribution in [0.3, 0.4) is 0 Å². The van der Waals surface area contributed by atoms with Crippen LogP contribution in [0.15, 0.2) is 23.2 Å². The van der Waals surface area contributed by atoms with E-state index in [2.05, 4.69) is 5.10 Å². The van der Waals surface area contributed by atoms with E-state index in [0.29, 0.717) is 16.7 Å². The molecule has 0 saturated carbocycles. The Morgan fingerprint density at radius 1 is 1.18 bits per heavy atom. The number of benzene rings is 1. The number of fused-ring (bicyclic) bond motifs is 1. The van der Waals surface area contributed by atoms with Crippen LogP contribution < -0.4 is 4.74 Å². The first-order chi connectivity index (χ1) is 15.2. The van der Waals surface area contributed by atoms with E-state index in [9.17, 15) is 22.8 Å². The number of aromatic nitrogens is 2. The molecule has 0 atom stereocenters. The van der Waals surface area contributed by atoms with Gasteiger partial charge in [-0.25, -0.2) is 22.8 Å². The molecule has 0 spiro atoms. The zero-order chi connectivity index (χ0) is 24.5. The van der Waals surface area contributed by atoms with Gasteiger partial charge in [-0.2, -0.15) is 5.10 Å². The van der Waals surface area contributed by atoms with Gasteiger partial charge in [0.2, 0.25) is 5.88 Å². The van der Waals surface area contributed by atoms with Gasteiger partial charge in [-0.05, 0) is 44.0 Å². The third-order valence-corrected chi connectivity index (χ3v) is 8.13. The highest BCUT2D eigenvalue weighted by Gasteiger charge is 2.47. The van der Waals surface area contributed by atoms with Crippen molar-refractivity contribution in [3.8, 4) is 5.88 Å². The first-order valence-corrected chi connectivity index (χ1v) is 11.9. The van der Waals surface area contributed by atoms with Gasteiger partial charge in [0.25, 0.3) is 5.91 Å². The summed E-state index contributed by atoms with van der Waals surface area (Å²) in [5.74, 6) is -0.919. The molecule has 1 aromatic heterocycles. The Kier molecular flexibility index (Phi) is 4.97. The maximum atomic E-state index is 13.4. The van der Waals surface area contributed by atoms with Crippen molar-refractivity contribution in [1.29, 1.82) is 0 Å². The van der Waals surface area contributed by atoms with Crippen molar-refractivity contribution in [1.82, 2.24) is 14.7 Å². The molecule has 0 unspecified atom stereocenters. The number of ether oxygens (including phenoxy) is 2. The van der Waals surface area contributed by atoms with Crippen LogP contribution in [0, 0.1) is 6.92 Å². The third-order valence-electron chi connectivity index (χ3n) is 6.02. The molecule has 33 heavy (non-hydrogen) atoms. The number of amides is 2. The van der Waals surface area contributed by atoms with Gasteiger partial charge in [0, 0.05) is 18.0 Å². The van der Waals surface area contributed by atoms with Gasteiger partial charge in [-0.3, -0.25) is 9.59 Å². The Morgan fingerprint density at radius 2 is 1.85 bits per heavy atom. The zero-order valence-electron chi connectivity index (χ0n) is 19.3. The fourth-order valence-electron chi connectivity index (χ4n) is 4.52. The minimum atomic E-state index is -3.42. The van der Waals surface area contributed by atoms with Crippen molar-refractivity contribution in [2.45, 2.75) is 50.5 Å². The minimum absolute atomic E-state index is 0.0224. The summed E-state index contributed by atoms with van der Waals surface area (Å²) in [5, 5.41) is 4.08. The molecule has 1 saturated heterocycles. The number of nitrogens with zero attached hydrogens (tertiary/aromatic N) is 3. The zero-order valence-corrected chi connectivity index (χ0v) is 20.1. The van der Waals surface area contributed by atoms with Crippen molar-refractivity contribution in [2.24, 2.45) is 7.05 Å². The van der Waals surface area contributed by atoms with Crippen molar-refractivity contribution >= 4 is 27.6 Å². The van der Waals surface area contributed by atoms with Gasteiger partial charge in [0.05, 0.1) is 16.8 Å². The normalized spacial score (nSPS) is 20.0. The molecule has 0 aliphatic carbocycles. The largest absolute Gasteiger partial charge is 0.455 e. The van der Waals surface area contributed by atoms with E-state index >= 15 is 0 Å². The van der Waals surface area contributed by atoms with E-state index in [4.69, 9.17) is 9.47 Å². The summed E-state index contributed by atoms with van der Waals surface area (Å²) in [5.41, 5.74) is -0.259. The van der Waals surface area contributed by atoms with Crippen LogP contribution in [0.25, 0.3) is 0 Å². The van der Waals surface area contributed by atoms with Gasteiger partial charge in [-0.1, -0.05) is 13.8 Å². The number of hydrogen-bond donors (Lipinski definition) is 0. The molecule has 2 aliphatic rings. The van der Waals surface area contributed by atoms with Crippen molar-refractivity contribution in [2.75, 3.05) is 12.5 Å². The lowest BCUT2D eigenvalue weighted by atomic mass is 9.81. The highest BCUT2D eigenvalue weighted by molar-refractivity contribution is 7.91. The van der Waals surface area contributed by atoms with E-state index in [1.165, 1.54) is 36.9 Å². The Hall–Kier alpha value is -3.21. The van der Waals surface area contributed by atoms with Gasteiger partial charge in [0.15, 0.2) is 28.0 Å². The molecule has 10 nitrogen and oxygen atoms in total. The topological polar surface area (TPSA) is 125 Å². The Balaban J connectivity index is 1.67. The minimum Gasteiger partial charge on any atom is -0.455 e. The molecule has 11 heteroatoms. The molecule has 176 valence electrons. The number of carbonyl (C=O) groups is 3. The summed E-state index contributed by atoms with van der Waals surface area (Å²) in [6.45, 7) is 7.91. The number of carbonyl (C=O) groups excluding carboxylic acids is 3. The van der Waals surface area contributed by atoms with Crippen LogP contribution in [-0.2, 0) is 31.8 Å². The molecule has 4 rings (SSSR count). The average Bonchev–Trinajstić information content (AvgIpc) is 3.21. The molecule has 2 amide bonds. The van der Waals surface area contributed by atoms with E-state index < -0.39 is 45.4 Å². The molecule has 0 radical (unpaired) electrons. The summed E-state index contributed by atoms with van der Waals surface area (Å²) in [4.78, 5) is 38.9. The molecule has 0 bridgehead atoms. The summed E-state index contributed by atoms with van der Waals surface area (Å²) in [7, 11) is -1.86. The standard InChI is InChI=1S/C22H25N3O7S/c1-12-13(7-8-15-16(12)21(2,3)10-33(15,29)30)17(26)14-9-23-24(6)18(14)31-11-25-19(27)22(4,5)32-20(25)28/h7-9H,10-11H2,1-6H3. The lowest BCUT2D eigenvalue weighted by Gasteiger charge is -2.21. The number of ketones is 1. The van der Waals surface area contributed by atoms with Crippen LogP contribution in [-0.4, -0.2) is 59.0 Å². The molecule has 1 fully saturated rings. The predicted octanol–water partition coefficient (Wildman–Crippen LogP) is 2.12. The molecular weight excluding hydrogens is 450 g/mol. The van der Waals surface area contributed by atoms with Crippen LogP contribution in [0.1, 0.15) is 54.7 Å². The van der Waals surface area contributed by atoms with Crippen LogP contribution in [0.5, 0.6) is 5.88 Å². The first kappa shape index (κ1) is 23.0. The predicted molar refractivity (Wildman–Crippen MR) is 116 cm³/mol. The molecule has 2 aliphatic heterocycles. The maximum Gasteiger partial charge on any atom is 0.420 e. The smallest absolute Gasteiger partial charge is 0.420 e. The van der Waals surface area contributed by atoms with Crippen molar-refractivity contribution in [3.05, 3.63) is 40.6 Å². The Labute approximate surface area is 191 Å². The molecule has 2 aromatic rings. The fraction of sp³-hybridized carbons (Fsp3) is 0.455. The molecule has 3 heterocycles. The lowest BCUT2D eigenvalue weighted by Crippen LogP contribution is -2.38. The second kappa shape index (κ2) is 7.14. The number of rotatable bonds is 5. The van der Waals surface area contributed by atoms with Gasteiger partial charge >= 0.3 is 6.09 Å². The summed E-state index contributed by atoms with van der Waals surface area (Å²) in [6, 6.07) is 2.97. The van der Waals surface area contributed by atoms with E-state index in [1.807, 2.05) is 13.8 Å². The second-order valence-corrected chi connectivity index (χ2v) is 11.4. The van der Waals surface area contributed by atoms with Crippen molar-refractivity contribution in [3.63, 3.8) is 0 Å². The molecule has 1 aromatic carbocycles. The summed E-state index contributed by atoms with van der Waals surface area (Å²) >= 11 is 0. The van der Waals surface area contributed by atoms with Crippen molar-refractivity contribution < 1.29 is 32.3 Å². The number of aryl methyl sites for hydroxylation is 1. The SMILES string of the molecule is Cc1c(C(=O)c2cnn(C)c2OCN2C(=O)OC(C)(C)C2=O)ccc2c1C(C)(C)CS2(=O)=O. The maximum absolute atomic E-state index is 13.4. The first-order valence-electron chi connectivity index (χ1n) is 10.3. The number of imide groups is 1. The third kappa shape index (κ3) is 3.50. The summed E-state index contributed by atoms with van der Waals surface area (Å²) < 4.78 is 37.1. The lowest BCUT2D eigenvalue weighted by molar-refractivity contribution is -0.136. The number of hydrogen-bond acceptors (Lipinski definition) is 8. The van der Waals surface area contributed by atoms with Crippen LogP contribution in [0.2, 0.25) is 0 Å². The van der Waals surface area contributed by atoms with Crippen LogP contribution >= 0.6 is 0 Å². The number of sulfone groups is 1. The highest BCUT2D eigenvalue weighted by Crippen LogP contribution is 2.42. The van der Waals surface area contributed by atoms with Gasteiger partial charge < -0.3 is 9.47 Å². The van der Waals surface area contributed by atoms with E-state index in [1.54, 1.807) is 14.0 Å². The monoisotopic (exact) mass is 475 g/mol. The van der Waals surface area contributed by atoms with E-state index in [-0.39, 0.29) is 22.1 Å². The van der Waals surface area contributed by atoms with Gasteiger partial charge in [0.1, 0.15) is 5.56 Å². The van der Waals surface area contributed by atoms with E-state index in [0.717, 1.165) is 4.90 Å².